The number of morpholine rings is 1. The number of hydrogen-bond acceptors (Lipinski definition) is 4. The fourth-order valence-corrected chi connectivity index (χ4v) is 4.02. The predicted molar refractivity (Wildman–Crippen MR) is 108 cm³/mol. The molecule has 2 aromatic rings. The van der Waals surface area contributed by atoms with E-state index < -0.39 is 0 Å². The van der Waals surface area contributed by atoms with E-state index in [1.54, 1.807) is 23.5 Å². The quantitative estimate of drug-likeness (QED) is 0.637. The lowest BCUT2D eigenvalue weighted by Crippen LogP contribution is -2.50. The van der Waals surface area contributed by atoms with Crippen molar-refractivity contribution in [3.63, 3.8) is 0 Å². The van der Waals surface area contributed by atoms with Crippen LogP contribution in [0.25, 0.3) is 0 Å². The zero-order valence-corrected chi connectivity index (χ0v) is 17.1. The van der Waals surface area contributed by atoms with Crippen LogP contribution in [0, 0.1) is 19.7 Å². The summed E-state index contributed by atoms with van der Waals surface area (Å²) in [7, 11) is 0. The minimum atomic E-state index is -0.233. The standard InChI is InChI=1S/C20H27FN4OS/c1-5-22-20(23-10-19-24-14(3)15(4)27-19)25-11-13(2)26-18(12-25)16-6-8-17(21)9-7-16/h6-9,13,18H,5,10-12H2,1-4H3,(H,22,23). The molecule has 3 rings (SSSR count). The number of guanidine groups is 1. The molecule has 27 heavy (non-hydrogen) atoms. The van der Waals surface area contributed by atoms with Crippen LogP contribution in [0.5, 0.6) is 0 Å². The maximum absolute atomic E-state index is 13.2. The molecule has 1 aromatic heterocycles. The largest absolute Gasteiger partial charge is 0.367 e. The van der Waals surface area contributed by atoms with Crippen molar-refractivity contribution in [2.75, 3.05) is 19.6 Å². The van der Waals surface area contributed by atoms with Crippen LogP contribution in [0.15, 0.2) is 29.3 Å². The summed E-state index contributed by atoms with van der Waals surface area (Å²) in [5.41, 5.74) is 2.06. The van der Waals surface area contributed by atoms with E-state index in [1.807, 2.05) is 6.92 Å². The Morgan fingerprint density at radius 3 is 2.70 bits per heavy atom. The van der Waals surface area contributed by atoms with Gasteiger partial charge in [0.25, 0.3) is 0 Å². The number of aliphatic imine (C=N–C) groups is 1. The van der Waals surface area contributed by atoms with Crippen molar-refractivity contribution in [2.24, 2.45) is 4.99 Å². The van der Waals surface area contributed by atoms with E-state index in [4.69, 9.17) is 9.73 Å². The van der Waals surface area contributed by atoms with Crippen LogP contribution in [0.4, 0.5) is 4.39 Å². The smallest absolute Gasteiger partial charge is 0.194 e. The van der Waals surface area contributed by atoms with Gasteiger partial charge >= 0.3 is 0 Å². The van der Waals surface area contributed by atoms with Crippen molar-refractivity contribution in [1.82, 2.24) is 15.2 Å². The fraction of sp³-hybridized carbons (Fsp3) is 0.500. The molecular formula is C20H27FN4OS. The number of ether oxygens (including phenoxy) is 1. The molecule has 2 atom stereocenters. The lowest BCUT2D eigenvalue weighted by molar-refractivity contribution is -0.0605. The molecule has 0 amide bonds. The van der Waals surface area contributed by atoms with Gasteiger partial charge < -0.3 is 15.0 Å². The summed E-state index contributed by atoms with van der Waals surface area (Å²) in [6.45, 7) is 11.0. The van der Waals surface area contributed by atoms with Crippen molar-refractivity contribution in [1.29, 1.82) is 0 Å². The molecule has 0 radical (unpaired) electrons. The first-order valence-corrected chi connectivity index (χ1v) is 10.1. The summed E-state index contributed by atoms with van der Waals surface area (Å²) < 4.78 is 19.3. The molecule has 0 spiro atoms. The van der Waals surface area contributed by atoms with Gasteiger partial charge in [-0.15, -0.1) is 11.3 Å². The molecule has 1 aromatic carbocycles. The van der Waals surface area contributed by atoms with E-state index >= 15 is 0 Å². The average Bonchev–Trinajstić information content (AvgIpc) is 2.96. The molecule has 7 heteroatoms. The van der Waals surface area contributed by atoms with E-state index in [2.05, 4.69) is 36.0 Å². The van der Waals surface area contributed by atoms with Crippen LogP contribution >= 0.6 is 11.3 Å². The van der Waals surface area contributed by atoms with Gasteiger partial charge in [0.15, 0.2) is 5.96 Å². The Bertz CT molecular complexity index is 770. The third kappa shape index (κ3) is 5.05. The molecule has 1 saturated heterocycles. The van der Waals surface area contributed by atoms with Crippen molar-refractivity contribution in [3.8, 4) is 0 Å². The fourth-order valence-electron chi connectivity index (χ4n) is 3.16. The predicted octanol–water partition coefficient (Wildman–Crippen LogP) is 3.83. The Morgan fingerprint density at radius 1 is 1.33 bits per heavy atom. The number of nitrogens with one attached hydrogen (secondary N) is 1. The topological polar surface area (TPSA) is 49.8 Å². The summed E-state index contributed by atoms with van der Waals surface area (Å²) in [4.78, 5) is 12.8. The van der Waals surface area contributed by atoms with Gasteiger partial charge in [0, 0.05) is 18.0 Å². The number of aryl methyl sites for hydroxylation is 2. The number of aromatic nitrogens is 1. The molecule has 0 bridgehead atoms. The highest BCUT2D eigenvalue weighted by molar-refractivity contribution is 7.11. The van der Waals surface area contributed by atoms with E-state index in [0.717, 1.165) is 35.3 Å². The molecule has 1 aliphatic heterocycles. The van der Waals surface area contributed by atoms with E-state index in [9.17, 15) is 4.39 Å². The van der Waals surface area contributed by atoms with Crippen LogP contribution in [0.3, 0.4) is 0 Å². The zero-order valence-electron chi connectivity index (χ0n) is 16.3. The lowest BCUT2D eigenvalue weighted by atomic mass is 10.1. The van der Waals surface area contributed by atoms with Gasteiger partial charge in [-0.1, -0.05) is 12.1 Å². The second-order valence-corrected chi connectivity index (χ2v) is 8.10. The Labute approximate surface area is 164 Å². The third-order valence-electron chi connectivity index (χ3n) is 4.57. The molecule has 0 aliphatic carbocycles. The second kappa shape index (κ2) is 8.80. The summed E-state index contributed by atoms with van der Waals surface area (Å²) in [5.74, 6) is 0.633. The highest BCUT2D eigenvalue weighted by Crippen LogP contribution is 2.26. The Kier molecular flexibility index (Phi) is 6.44. The monoisotopic (exact) mass is 390 g/mol. The first-order valence-electron chi connectivity index (χ1n) is 9.33. The number of nitrogens with zero attached hydrogens (tertiary/aromatic N) is 3. The van der Waals surface area contributed by atoms with Crippen LogP contribution in [0.1, 0.15) is 41.1 Å². The summed E-state index contributed by atoms with van der Waals surface area (Å²) in [6, 6.07) is 6.55. The molecule has 1 N–H and O–H groups in total. The average molecular weight is 391 g/mol. The Balaban J connectivity index is 1.76. The van der Waals surface area contributed by atoms with Gasteiger partial charge in [0.05, 0.1) is 24.9 Å². The van der Waals surface area contributed by atoms with Gasteiger partial charge in [0.1, 0.15) is 16.9 Å². The molecule has 1 fully saturated rings. The van der Waals surface area contributed by atoms with Gasteiger partial charge in [-0.05, 0) is 45.4 Å². The zero-order chi connectivity index (χ0) is 19.4. The van der Waals surface area contributed by atoms with Gasteiger partial charge in [0.2, 0.25) is 0 Å². The maximum atomic E-state index is 13.2. The van der Waals surface area contributed by atoms with Crippen molar-refractivity contribution >= 4 is 17.3 Å². The highest BCUT2D eigenvalue weighted by atomic mass is 32.1. The minimum absolute atomic E-state index is 0.0574. The maximum Gasteiger partial charge on any atom is 0.194 e. The van der Waals surface area contributed by atoms with E-state index in [0.29, 0.717) is 13.1 Å². The minimum Gasteiger partial charge on any atom is -0.367 e. The third-order valence-corrected chi connectivity index (χ3v) is 5.63. The van der Waals surface area contributed by atoms with Gasteiger partial charge in [-0.2, -0.15) is 0 Å². The molecule has 5 nitrogen and oxygen atoms in total. The number of thiazole rings is 1. The summed E-state index contributed by atoms with van der Waals surface area (Å²) in [5, 5.41) is 4.41. The van der Waals surface area contributed by atoms with Crippen LogP contribution in [-0.2, 0) is 11.3 Å². The van der Waals surface area contributed by atoms with Gasteiger partial charge in [-0.3, -0.25) is 0 Å². The van der Waals surface area contributed by atoms with Crippen LogP contribution in [-0.4, -0.2) is 41.6 Å². The number of benzene rings is 1. The highest BCUT2D eigenvalue weighted by Gasteiger charge is 2.28. The summed E-state index contributed by atoms with van der Waals surface area (Å²) >= 11 is 1.70. The van der Waals surface area contributed by atoms with E-state index in [-0.39, 0.29) is 18.0 Å². The molecular weight excluding hydrogens is 363 g/mol. The summed E-state index contributed by atoms with van der Waals surface area (Å²) in [6.07, 6.45) is -0.0513. The molecule has 2 unspecified atom stereocenters. The van der Waals surface area contributed by atoms with Crippen molar-refractivity contribution in [2.45, 2.75) is 46.4 Å². The van der Waals surface area contributed by atoms with Crippen LogP contribution < -0.4 is 5.32 Å². The molecule has 1 aliphatic rings. The Hall–Kier alpha value is -1.99. The van der Waals surface area contributed by atoms with E-state index in [1.165, 1.54) is 17.0 Å². The van der Waals surface area contributed by atoms with Gasteiger partial charge in [-0.25, -0.2) is 14.4 Å². The SMILES string of the molecule is CCNC(=NCc1nc(C)c(C)s1)N1CC(C)OC(c2ccc(F)cc2)C1. The first kappa shape index (κ1) is 19.8. The lowest BCUT2D eigenvalue weighted by Gasteiger charge is -2.38. The van der Waals surface area contributed by atoms with Crippen molar-refractivity contribution in [3.05, 3.63) is 51.2 Å². The number of rotatable bonds is 4. The van der Waals surface area contributed by atoms with Crippen molar-refractivity contribution < 1.29 is 9.13 Å². The molecule has 146 valence electrons. The number of halogens is 1. The number of hydrogen-bond donors (Lipinski definition) is 1. The molecule has 2 heterocycles. The molecule has 0 saturated carbocycles. The Morgan fingerprint density at radius 2 is 2.07 bits per heavy atom. The van der Waals surface area contributed by atoms with Crippen LogP contribution in [0.2, 0.25) is 0 Å². The second-order valence-electron chi connectivity index (χ2n) is 6.81. The normalized spacial score (nSPS) is 20.8. The first-order chi connectivity index (χ1) is 13.0.